The van der Waals surface area contributed by atoms with Gasteiger partial charge in [0.1, 0.15) is 48.3 Å². The van der Waals surface area contributed by atoms with E-state index in [1.807, 2.05) is 0 Å². The molecule has 28 nitrogen and oxygen atoms in total. The lowest BCUT2D eigenvalue weighted by atomic mass is 10.0. The van der Waals surface area contributed by atoms with E-state index in [1.54, 1.807) is 41.5 Å². The maximum atomic E-state index is 13.9. The number of aliphatic imine (C=N–C) groups is 2. The van der Waals surface area contributed by atoms with E-state index in [9.17, 15) is 63.6 Å². The molecular formula is C42H79N15O13. The summed E-state index contributed by atoms with van der Waals surface area (Å²) in [5.74, 6) is -10.3. The molecular weight excluding hydrogens is 923 g/mol. The number of carboxylic acids is 1. The van der Waals surface area contributed by atoms with Crippen molar-refractivity contribution in [3.05, 3.63) is 0 Å². The molecule has 0 aromatic carbocycles. The van der Waals surface area contributed by atoms with Crippen molar-refractivity contribution in [2.24, 2.45) is 56.4 Å². The van der Waals surface area contributed by atoms with Gasteiger partial charge in [0.2, 0.25) is 47.3 Å². The van der Waals surface area contributed by atoms with Crippen molar-refractivity contribution in [2.45, 2.75) is 154 Å². The summed E-state index contributed by atoms with van der Waals surface area (Å²) in [5, 5.41) is 60.3. The van der Waals surface area contributed by atoms with E-state index in [0.717, 1.165) is 6.92 Å². The number of nitrogens with zero attached hydrogens (tertiary/aromatic N) is 2. The third kappa shape index (κ3) is 24.8. The van der Waals surface area contributed by atoms with E-state index in [1.165, 1.54) is 6.92 Å². The van der Waals surface area contributed by atoms with Gasteiger partial charge in [-0.3, -0.25) is 48.3 Å². The van der Waals surface area contributed by atoms with Gasteiger partial charge in [-0.05, 0) is 70.1 Å². The first-order valence-electron chi connectivity index (χ1n) is 23.0. The van der Waals surface area contributed by atoms with Gasteiger partial charge in [-0.1, -0.05) is 41.5 Å². The second-order valence-electron chi connectivity index (χ2n) is 17.9. The molecule has 0 aliphatic carbocycles. The van der Waals surface area contributed by atoms with Crippen molar-refractivity contribution in [1.82, 2.24) is 42.5 Å². The summed E-state index contributed by atoms with van der Waals surface area (Å²) in [5.41, 5.74) is 27.1. The molecule has 0 spiro atoms. The van der Waals surface area contributed by atoms with Gasteiger partial charge in [-0.25, -0.2) is 4.79 Å². The van der Waals surface area contributed by atoms with Crippen LogP contribution in [0.4, 0.5) is 0 Å². The number of hydrogen-bond acceptors (Lipinski definition) is 15. The van der Waals surface area contributed by atoms with Crippen molar-refractivity contribution in [3.63, 3.8) is 0 Å². The van der Waals surface area contributed by atoms with Crippen LogP contribution in [-0.2, 0) is 43.2 Å². The van der Waals surface area contributed by atoms with E-state index in [-0.39, 0.29) is 75.4 Å². The summed E-state index contributed by atoms with van der Waals surface area (Å²) in [4.78, 5) is 127. The third-order valence-electron chi connectivity index (χ3n) is 10.2. The molecule has 0 unspecified atom stereocenters. The van der Waals surface area contributed by atoms with Crippen LogP contribution in [-0.4, -0.2) is 172 Å². The maximum absolute atomic E-state index is 13.9. The fourth-order valence-electron chi connectivity index (χ4n) is 6.55. The fourth-order valence-corrected chi connectivity index (χ4v) is 6.55. The van der Waals surface area contributed by atoms with Gasteiger partial charge in [0, 0.05) is 13.1 Å². The molecule has 0 rings (SSSR count). The molecule has 8 amide bonds. The zero-order chi connectivity index (χ0) is 54.0. The largest absolute Gasteiger partial charge is 0.480 e. The summed E-state index contributed by atoms with van der Waals surface area (Å²) in [6.45, 7) is 11.0. The van der Waals surface area contributed by atoms with Gasteiger partial charge in [-0.15, -0.1) is 0 Å². The summed E-state index contributed by atoms with van der Waals surface area (Å²) in [6, 6.07) is -12.0. The smallest absolute Gasteiger partial charge is 0.326 e. The Kier molecular flexibility index (Phi) is 29.5. The number of rotatable bonds is 33. The highest BCUT2D eigenvalue weighted by Crippen LogP contribution is 2.11. The maximum Gasteiger partial charge on any atom is 0.326 e. The molecule has 0 heterocycles. The predicted octanol–water partition coefficient (Wildman–Crippen LogP) is -6.48. The number of aliphatic carboxylic acids is 1. The molecule has 0 aromatic rings. The lowest BCUT2D eigenvalue weighted by Crippen LogP contribution is -2.62. The van der Waals surface area contributed by atoms with Gasteiger partial charge in [-0.2, -0.15) is 0 Å². The molecule has 70 heavy (non-hydrogen) atoms. The minimum absolute atomic E-state index is 0.0340. The second-order valence-corrected chi connectivity index (χ2v) is 17.9. The molecule has 400 valence electrons. The second kappa shape index (κ2) is 32.4. The number of amides is 8. The Bertz CT molecular complexity index is 1800. The summed E-state index contributed by atoms with van der Waals surface area (Å²) in [7, 11) is 0. The number of carboxylic acid groups (broad SMARTS) is 1. The van der Waals surface area contributed by atoms with Gasteiger partial charge in [0.15, 0.2) is 11.9 Å². The van der Waals surface area contributed by atoms with Crippen LogP contribution in [0, 0.1) is 17.8 Å². The molecule has 28 heteroatoms. The molecule has 0 aliphatic rings. The van der Waals surface area contributed by atoms with E-state index < -0.39 is 133 Å². The molecule has 0 radical (unpaired) electrons. The minimum Gasteiger partial charge on any atom is -0.480 e. The number of hydrogen-bond donors (Lipinski definition) is 17. The molecule has 0 saturated heterocycles. The molecule has 0 fully saturated rings. The first-order valence-corrected chi connectivity index (χ1v) is 23.0. The summed E-state index contributed by atoms with van der Waals surface area (Å²) >= 11 is 0. The number of carbonyl (C=O) groups is 9. The van der Waals surface area contributed by atoms with Crippen LogP contribution in [0.25, 0.3) is 0 Å². The molecule has 0 bridgehead atoms. The molecule has 22 N–H and O–H groups in total. The van der Waals surface area contributed by atoms with Crippen molar-refractivity contribution in [2.75, 3.05) is 26.2 Å². The van der Waals surface area contributed by atoms with Crippen molar-refractivity contribution in [1.29, 1.82) is 0 Å². The van der Waals surface area contributed by atoms with Crippen LogP contribution in [0.2, 0.25) is 0 Å². The Labute approximate surface area is 407 Å². The van der Waals surface area contributed by atoms with E-state index >= 15 is 0 Å². The third-order valence-corrected chi connectivity index (χ3v) is 10.2. The number of nitrogens with one attached hydrogen (secondary N) is 8. The summed E-state index contributed by atoms with van der Waals surface area (Å²) < 4.78 is 0. The fraction of sp³-hybridized carbons (Fsp3) is 0.738. The monoisotopic (exact) mass is 1000 g/mol. The summed E-state index contributed by atoms with van der Waals surface area (Å²) in [6.07, 6.45) is -3.30. The average molecular weight is 1000 g/mol. The lowest BCUT2D eigenvalue weighted by Gasteiger charge is -2.29. The van der Waals surface area contributed by atoms with Crippen LogP contribution in [0.1, 0.15) is 93.9 Å². The van der Waals surface area contributed by atoms with E-state index in [4.69, 9.17) is 28.7 Å². The van der Waals surface area contributed by atoms with E-state index in [0.29, 0.717) is 0 Å². The van der Waals surface area contributed by atoms with Gasteiger partial charge in [0.25, 0.3) is 0 Å². The molecule has 10 atom stereocenters. The first kappa shape index (κ1) is 63.6. The highest BCUT2D eigenvalue weighted by atomic mass is 16.4. The number of aliphatic hydroxyl groups excluding tert-OH is 3. The Hall–Kier alpha value is -6.39. The Balaban J connectivity index is 6.61. The quantitative estimate of drug-likeness (QED) is 0.0165. The Morgan fingerprint density at radius 1 is 0.471 bits per heavy atom. The lowest BCUT2D eigenvalue weighted by molar-refractivity contribution is -0.143. The number of guanidine groups is 2. The van der Waals surface area contributed by atoms with Crippen LogP contribution < -0.4 is 71.2 Å². The van der Waals surface area contributed by atoms with Crippen molar-refractivity contribution < 1.29 is 63.6 Å². The number of nitrogens with two attached hydrogens (primary N) is 5. The Morgan fingerprint density at radius 3 is 1.17 bits per heavy atom. The number of aliphatic hydroxyl groups is 3. The molecule has 0 aliphatic heterocycles. The van der Waals surface area contributed by atoms with Crippen LogP contribution >= 0.6 is 0 Å². The molecule has 0 saturated carbocycles. The topological polar surface area (TPSA) is 486 Å². The van der Waals surface area contributed by atoms with Crippen molar-refractivity contribution in [3.8, 4) is 0 Å². The zero-order valence-corrected chi connectivity index (χ0v) is 41.3. The first-order chi connectivity index (χ1) is 32.6. The Morgan fingerprint density at radius 2 is 0.814 bits per heavy atom. The van der Waals surface area contributed by atoms with Crippen LogP contribution in [0.15, 0.2) is 9.98 Å². The standard InChI is InChI=1S/C42H79N15O13/c1-19(2)15-26(35(64)57-32(23(8)60)39(68)53-27(40(69)70)16-20(3)4)52-36(65)28(18-58)54-33(62)24(11-9-13-48-41(44)45)51-38(67)31(22(7)59)56-34(63)25(12-10-14-49-42(46)47)50-37(66)30(21(5)6)55-29(61)17-43/h19-28,30-32,58-60H,9-18,43H2,1-8H3,(H,50,66)(H,51,67)(H,52,65)(H,53,68)(H,54,62)(H,55,61)(H,56,63)(H,57,64)(H,69,70)(H4,44,45,48)(H4,46,47,49)/t22-,23-,24+,25+,26+,27+,28+,30+,31+,32+/m1/s1. The van der Waals surface area contributed by atoms with Crippen molar-refractivity contribution >= 4 is 65.1 Å². The van der Waals surface area contributed by atoms with Gasteiger partial charge < -0.3 is 91.6 Å². The number of carbonyl (C=O) groups excluding carboxylic acids is 8. The highest BCUT2D eigenvalue weighted by Gasteiger charge is 2.37. The minimum atomic E-state index is -1.78. The molecule has 0 aromatic heterocycles. The SMILES string of the molecule is CC(C)C[C@H](NC(=O)[C@@H](NC(=O)[C@H](CC(C)C)NC(=O)[C@H](CO)NC(=O)[C@H](CCCN=C(N)N)NC(=O)[C@@H](NC(=O)[C@H](CCCN=C(N)N)NC(=O)[C@@H](NC(=O)CN)C(C)C)[C@@H](C)O)[C@@H](C)O)C(=O)O. The van der Waals surface area contributed by atoms with Gasteiger partial charge in [0.05, 0.1) is 25.4 Å². The predicted molar refractivity (Wildman–Crippen MR) is 256 cm³/mol. The highest BCUT2D eigenvalue weighted by molar-refractivity contribution is 5.98. The van der Waals surface area contributed by atoms with E-state index in [2.05, 4.69) is 52.5 Å². The van der Waals surface area contributed by atoms with Crippen LogP contribution in [0.3, 0.4) is 0 Å². The normalized spacial score (nSPS) is 15.5. The van der Waals surface area contributed by atoms with Crippen LogP contribution in [0.5, 0.6) is 0 Å². The average Bonchev–Trinajstić information content (AvgIpc) is 3.25. The van der Waals surface area contributed by atoms with Gasteiger partial charge >= 0.3 is 5.97 Å². The zero-order valence-electron chi connectivity index (χ0n) is 41.3.